The average molecular weight is 243 g/mol. The van der Waals surface area contributed by atoms with Gasteiger partial charge in [-0.1, -0.05) is 6.92 Å². The molecule has 1 saturated heterocycles. The number of rotatable bonds is 4. The highest BCUT2D eigenvalue weighted by Gasteiger charge is 2.44. The van der Waals surface area contributed by atoms with Gasteiger partial charge in [0.1, 0.15) is 11.1 Å². The minimum absolute atomic E-state index is 0.307. The van der Waals surface area contributed by atoms with Gasteiger partial charge < -0.3 is 15.2 Å². The van der Waals surface area contributed by atoms with Gasteiger partial charge in [0.05, 0.1) is 12.5 Å². The summed E-state index contributed by atoms with van der Waals surface area (Å²) in [4.78, 5) is 23.4. The van der Waals surface area contributed by atoms with Crippen molar-refractivity contribution in [3.63, 3.8) is 0 Å². The van der Waals surface area contributed by atoms with Crippen molar-refractivity contribution in [1.82, 2.24) is 0 Å². The van der Waals surface area contributed by atoms with Crippen LogP contribution in [-0.2, 0) is 19.1 Å². The van der Waals surface area contributed by atoms with E-state index in [1.165, 1.54) is 0 Å². The number of esters is 2. The number of carbonyl (C=O) groups excluding carboxylic acids is 2. The molecule has 0 spiro atoms. The second kappa shape index (κ2) is 4.64. The second-order valence-electron chi connectivity index (χ2n) is 5.27. The van der Waals surface area contributed by atoms with E-state index in [-0.39, 0.29) is 5.97 Å². The van der Waals surface area contributed by atoms with Gasteiger partial charge in [-0.2, -0.15) is 0 Å². The lowest BCUT2D eigenvalue weighted by Crippen LogP contribution is -2.50. The molecule has 5 nitrogen and oxygen atoms in total. The van der Waals surface area contributed by atoms with Crippen molar-refractivity contribution in [2.75, 3.05) is 6.61 Å². The van der Waals surface area contributed by atoms with Crippen LogP contribution in [0.1, 0.15) is 40.5 Å². The SMILES string of the molecule is CCC(C)(N)C(=O)OC(C)(C)C1CCOC1=O. The fourth-order valence-corrected chi connectivity index (χ4v) is 1.70. The van der Waals surface area contributed by atoms with E-state index in [1.807, 2.05) is 6.92 Å². The number of carbonyl (C=O) groups is 2. The molecular weight excluding hydrogens is 222 g/mol. The lowest BCUT2D eigenvalue weighted by Gasteiger charge is -2.32. The summed E-state index contributed by atoms with van der Waals surface area (Å²) in [6.45, 7) is 7.26. The van der Waals surface area contributed by atoms with Crippen molar-refractivity contribution >= 4 is 11.9 Å². The van der Waals surface area contributed by atoms with Crippen LogP contribution in [0.15, 0.2) is 0 Å². The van der Waals surface area contributed by atoms with Crippen LogP contribution in [0.25, 0.3) is 0 Å². The topological polar surface area (TPSA) is 78.6 Å². The van der Waals surface area contributed by atoms with Crippen LogP contribution in [-0.4, -0.2) is 29.7 Å². The summed E-state index contributed by atoms with van der Waals surface area (Å²) in [5.74, 6) is -1.19. The monoisotopic (exact) mass is 243 g/mol. The Morgan fingerprint density at radius 2 is 2.12 bits per heavy atom. The first-order chi connectivity index (χ1) is 7.70. The molecule has 98 valence electrons. The zero-order valence-corrected chi connectivity index (χ0v) is 10.9. The highest BCUT2D eigenvalue weighted by atomic mass is 16.6. The Labute approximate surface area is 102 Å². The van der Waals surface area contributed by atoms with E-state index in [0.29, 0.717) is 19.4 Å². The molecule has 0 saturated carbocycles. The van der Waals surface area contributed by atoms with Gasteiger partial charge in [-0.3, -0.25) is 9.59 Å². The first-order valence-corrected chi connectivity index (χ1v) is 5.89. The molecule has 1 fully saturated rings. The van der Waals surface area contributed by atoms with Crippen LogP contribution in [0.2, 0.25) is 0 Å². The maximum Gasteiger partial charge on any atom is 0.326 e. The highest BCUT2D eigenvalue weighted by molar-refractivity contribution is 5.81. The van der Waals surface area contributed by atoms with Crippen LogP contribution < -0.4 is 5.73 Å². The minimum Gasteiger partial charge on any atom is -0.465 e. The van der Waals surface area contributed by atoms with Gasteiger partial charge in [0.2, 0.25) is 0 Å². The Morgan fingerprint density at radius 3 is 2.53 bits per heavy atom. The Bertz CT molecular complexity index is 322. The predicted molar refractivity (Wildman–Crippen MR) is 62.1 cm³/mol. The normalized spacial score (nSPS) is 24.1. The number of hydrogen-bond acceptors (Lipinski definition) is 5. The third-order valence-electron chi connectivity index (χ3n) is 3.33. The van der Waals surface area contributed by atoms with Crippen molar-refractivity contribution in [3.8, 4) is 0 Å². The fraction of sp³-hybridized carbons (Fsp3) is 0.833. The highest BCUT2D eigenvalue weighted by Crippen LogP contribution is 2.31. The average Bonchev–Trinajstić information content (AvgIpc) is 2.64. The summed E-state index contributed by atoms with van der Waals surface area (Å²) >= 11 is 0. The molecule has 1 heterocycles. The summed E-state index contributed by atoms with van der Waals surface area (Å²) in [5.41, 5.74) is 3.92. The molecule has 0 aromatic carbocycles. The van der Waals surface area contributed by atoms with Crippen LogP contribution >= 0.6 is 0 Å². The molecule has 0 aromatic rings. The molecule has 17 heavy (non-hydrogen) atoms. The van der Waals surface area contributed by atoms with E-state index in [0.717, 1.165) is 0 Å². The standard InChI is InChI=1S/C12H21NO4/c1-5-12(4,13)10(15)17-11(2,3)8-6-7-16-9(8)14/h8H,5-7,13H2,1-4H3. The molecule has 1 aliphatic heterocycles. The third-order valence-corrected chi connectivity index (χ3v) is 3.33. The van der Waals surface area contributed by atoms with Crippen molar-refractivity contribution in [2.24, 2.45) is 11.7 Å². The van der Waals surface area contributed by atoms with Crippen molar-refractivity contribution < 1.29 is 19.1 Å². The third kappa shape index (κ3) is 2.97. The van der Waals surface area contributed by atoms with Crippen LogP contribution in [0.3, 0.4) is 0 Å². The largest absolute Gasteiger partial charge is 0.465 e. The number of nitrogens with two attached hydrogens (primary N) is 1. The quantitative estimate of drug-likeness (QED) is 0.745. The van der Waals surface area contributed by atoms with E-state index in [1.54, 1.807) is 20.8 Å². The summed E-state index contributed by atoms with van der Waals surface area (Å²) in [6, 6.07) is 0. The van der Waals surface area contributed by atoms with Crippen molar-refractivity contribution in [1.29, 1.82) is 0 Å². The summed E-state index contributed by atoms with van der Waals surface area (Å²) in [6.07, 6.45) is 1.06. The maximum atomic E-state index is 11.9. The minimum atomic E-state index is -1.01. The van der Waals surface area contributed by atoms with Crippen molar-refractivity contribution in [2.45, 2.75) is 51.7 Å². The molecule has 2 N–H and O–H groups in total. The van der Waals surface area contributed by atoms with Gasteiger partial charge >= 0.3 is 11.9 Å². The van der Waals surface area contributed by atoms with Gasteiger partial charge in [0.15, 0.2) is 0 Å². The number of ether oxygens (including phenoxy) is 2. The van der Waals surface area contributed by atoms with Gasteiger partial charge in [-0.25, -0.2) is 0 Å². The van der Waals surface area contributed by atoms with Gasteiger partial charge in [0.25, 0.3) is 0 Å². The van der Waals surface area contributed by atoms with E-state index in [4.69, 9.17) is 15.2 Å². The van der Waals surface area contributed by atoms with E-state index in [2.05, 4.69) is 0 Å². The van der Waals surface area contributed by atoms with Crippen LogP contribution in [0.4, 0.5) is 0 Å². The van der Waals surface area contributed by atoms with Crippen LogP contribution in [0, 0.1) is 5.92 Å². The number of hydrogen-bond donors (Lipinski definition) is 1. The fourth-order valence-electron chi connectivity index (χ4n) is 1.70. The van der Waals surface area contributed by atoms with E-state index < -0.39 is 23.0 Å². The summed E-state index contributed by atoms with van der Waals surface area (Å²) in [5, 5.41) is 0. The first-order valence-electron chi connectivity index (χ1n) is 5.89. The van der Waals surface area contributed by atoms with Gasteiger partial charge in [-0.05, 0) is 33.6 Å². The predicted octanol–water partition coefficient (Wildman–Crippen LogP) is 0.999. The summed E-state index contributed by atoms with van der Waals surface area (Å²) < 4.78 is 10.3. The molecule has 0 aliphatic carbocycles. The van der Waals surface area contributed by atoms with E-state index >= 15 is 0 Å². The Morgan fingerprint density at radius 1 is 1.53 bits per heavy atom. The molecule has 0 amide bonds. The summed E-state index contributed by atoms with van der Waals surface area (Å²) in [7, 11) is 0. The smallest absolute Gasteiger partial charge is 0.326 e. The molecule has 5 heteroatoms. The Balaban J connectivity index is 2.72. The maximum absolute atomic E-state index is 11.9. The van der Waals surface area contributed by atoms with Crippen molar-refractivity contribution in [3.05, 3.63) is 0 Å². The molecule has 0 radical (unpaired) electrons. The van der Waals surface area contributed by atoms with E-state index in [9.17, 15) is 9.59 Å². The van der Waals surface area contributed by atoms with Crippen LogP contribution in [0.5, 0.6) is 0 Å². The molecule has 1 rings (SSSR count). The first kappa shape index (κ1) is 14.0. The molecule has 2 unspecified atom stereocenters. The molecule has 0 bridgehead atoms. The van der Waals surface area contributed by atoms with Gasteiger partial charge in [0, 0.05) is 0 Å². The Kier molecular flexibility index (Phi) is 3.81. The zero-order chi connectivity index (χ0) is 13.3. The molecule has 0 aromatic heterocycles. The zero-order valence-electron chi connectivity index (χ0n) is 10.9. The number of cyclic esters (lactones) is 1. The molecule has 2 atom stereocenters. The molecule has 1 aliphatic rings. The second-order valence-corrected chi connectivity index (χ2v) is 5.27. The Hall–Kier alpha value is -1.10. The molecular formula is C12H21NO4. The lowest BCUT2D eigenvalue weighted by molar-refractivity contribution is -0.171. The van der Waals surface area contributed by atoms with Gasteiger partial charge in [-0.15, -0.1) is 0 Å². The lowest BCUT2D eigenvalue weighted by atomic mass is 9.89.